The zero-order valence-electron chi connectivity index (χ0n) is 13.4. The summed E-state index contributed by atoms with van der Waals surface area (Å²) in [5.41, 5.74) is -0.102. The fourth-order valence-electron chi connectivity index (χ4n) is 2.91. The van der Waals surface area contributed by atoms with Crippen LogP contribution in [-0.4, -0.2) is 35.9 Å². The molecule has 118 valence electrons. The minimum absolute atomic E-state index is 0.0157. The van der Waals surface area contributed by atoms with Gasteiger partial charge in [-0.3, -0.25) is 4.79 Å². The predicted octanol–water partition coefficient (Wildman–Crippen LogP) is 2.64. The van der Waals surface area contributed by atoms with E-state index < -0.39 is 0 Å². The van der Waals surface area contributed by atoms with Crippen LogP contribution in [0.15, 0.2) is 0 Å². The lowest BCUT2D eigenvalue weighted by molar-refractivity contribution is -0.137. The van der Waals surface area contributed by atoms with Crippen LogP contribution in [0.4, 0.5) is 0 Å². The maximum Gasteiger partial charge on any atom is 0.249 e. The van der Waals surface area contributed by atoms with E-state index in [1.54, 1.807) is 6.92 Å². The van der Waals surface area contributed by atoms with E-state index in [1.807, 2.05) is 6.92 Å². The molecule has 0 heterocycles. The summed E-state index contributed by atoms with van der Waals surface area (Å²) in [5, 5.41) is 12.4. The normalized spacial score (nSPS) is 19.9. The van der Waals surface area contributed by atoms with Crippen LogP contribution in [0.3, 0.4) is 0 Å². The van der Waals surface area contributed by atoms with Gasteiger partial charge in [-0.1, -0.05) is 33.6 Å². The highest BCUT2D eigenvalue weighted by molar-refractivity contribution is 5.80. The Balaban J connectivity index is 2.38. The minimum Gasteiger partial charge on any atom is -0.393 e. The fraction of sp³-hybridized carbons (Fsp3) is 0.938. The van der Waals surface area contributed by atoms with Gasteiger partial charge in [0.25, 0.3) is 0 Å². The molecule has 1 saturated carbocycles. The van der Waals surface area contributed by atoms with Crippen LogP contribution in [0.5, 0.6) is 0 Å². The number of hydrogen-bond donors (Lipinski definition) is 2. The van der Waals surface area contributed by atoms with Crippen molar-refractivity contribution in [1.82, 2.24) is 5.32 Å². The molecule has 2 N–H and O–H groups in total. The van der Waals surface area contributed by atoms with Crippen molar-refractivity contribution in [3.63, 3.8) is 0 Å². The highest BCUT2D eigenvalue weighted by atomic mass is 16.5. The molecule has 1 aliphatic carbocycles. The molecule has 2 unspecified atom stereocenters. The van der Waals surface area contributed by atoms with E-state index in [9.17, 15) is 9.90 Å². The molecule has 4 nitrogen and oxygen atoms in total. The number of aliphatic hydroxyl groups is 1. The van der Waals surface area contributed by atoms with Crippen LogP contribution < -0.4 is 5.32 Å². The lowest BCUT2D eigenvalue weighted by atomic mass is 9.87. The lowest BCUT2D eigenvalue weighted by Crippen LogP contribution is -2.42. The van der Waals surface area contributed by atoms with Crippen LogP contribution in [0, 0.1) is 5.41 Å². The monoisotopic (exact) mass is 285 g/mol. The first-order chi connectivity index (χ1) is 9.34. The van der Waals surface area contributed by atoms with Crippen LogP contribution >= 0.6 is 0 Å². The summed E-state index contributed by atoms with van der Waals surface area (Å²) in [5.74, 6) is -0.0157. The predicted molar refractivity (Wildman–Crippen MR) is 80.5 cm³/mol. The number of ether oxygens (including phenoxy) is 1. The topological polar surface area (TPSA) is 58.6 Å². The second-order valence-electron chi connectivity index (χ2n) is 6.87. The van der Waals surface area contributed by atoms with E-state index in [2.05, 4.69) is 19.2 Å². The quantitative estimate of drug-likeness (QED) is 0.721. The fourth-order valence-corrected chi connectivity index (χ4v) is 2.91. The molecule has 1 amide bonds. The number of aliphatic hydroxyl groups excluding tert-OH is 1. The van der Waals surface area contributed by atoms with Gasteiger partial charge >= 0.3 is 0 Å². The minimum atomic E-state index is -0.349. The largest absolute Gasteiger partial charge is 0.393 e. The van der Waals surface area contributed by atoms with Crippen molar-refractivity contribution >= 4 is 5.91 Å². The molecule has 0 spiro atoms. The summed E-state index contributed by atoms with van der Waals surface area (Å²) >= 11 is 0. The molecule has 0 bridgehead atoms. The third kappa shape index (κ3) is 6.23. The summed E-state index contributed by atoms with van der Waals surface area (Å²) in [6.07, 6.45) is 5.55. The smallest absolute Gasteiger partial charge is 0.249 e. The SMILES string of the molecule is CCC(OC1CCCC1)C(=O)NCC(C)(C)CC(C)O. The number of carbonyl (C=O) groups excluding carboxylic acids is 1. The van der Waals surface area contributed by atoms with Crippen molar-refractivity contribution in [3.8, 4) is 0 Å². The molecule has 0 saturated heterocycles. The van der Waals surface area contributed by atoms with Crippen LogP contribution in [0.2, 0.25) is 0 Å². The Kier molecular flexibility index (Phi) is 6.96. The van der Waals surface area contributed by atoms with Gasteiger partial charge in [-0.15, -0.1) is 0 Å². The van der Waals surface area contributed by atoms with E-state index in [4.69, 9.17) is 4.74 Å². The van der Waals surface area contributed by atoms with E-state index in [1.165, 1.54) is 12.8 Å². The lowest BCUT2D eigenvalue weighted by Gasteiger charge is -2.28. The molecular weight excluding hydrogens is 254 g/mol. The molecule has 2 atom stereocenters. The van der Waals surface area contributed by atoms with Crippen LogP contribution in [0.1, 0.15) is 66.2 Å². The Labute approximate surface area is 123 Å². The van der Waals surface area contributed by atoms with E-state index >= 15 is 0 Å². The first-order valence-electron chi connectivity index (χ1n) is 7.95. The van der Waals surface area contributed by atoms with Gasteiger partial charge in [0.1, 0.15) is 6.10 Å². The van der Waals surface area contributed by atoms with E-state index in [0.29, 0.717) is 19.4 Å². The zero-order valence-corrected chi connectivity index (χ0v) is 13.4. The Bertz CT molecular complexity index is 296. The van der Waals surface area contributed by atoms with Crippen molar-refractivity contribution in [2.45, 2.75) is 84.5 Å². The highest BCUT2D eigenvalue weighted by Gasteiger charge is 2.26. The van der Waals surface area contributed by atoms with Gasteiger partial charge in [0.2, 0.25) is 5.91 Å². The molecule has 1 rings (SSSR count). The third-order valence-corrected chi connectivity index (χ3v) is 3.91. The molecule has 1 fully saturated rings. The maximum atomic E-state index is 12.2. The molecule has 0 aromatic rings. The summed E-state index contributed by atoms with van der Waals surface area (Å²) < 4.78 is 5.91. The Hall–Kier alpha value is -0.610. The average Bonchev–Trinajstić information content (AvgIpc) is 2.84. The highest BCUT2D eigenvalue weighted by Crippen LogP contribution is 2.24. The van der Waals surface area contributed by atoms with Crippen molar-refractivity contribution in [2.24, 2.45) is 5.41 Å². The Morgan fingerprint density at radius 1 is 1.40 bits per heavy atom. The second kappa shape index (κ2) is 7.99. The Morgan fingerprint density at radius 3 is 2.50 bits per heavy atom. The third-order valence-electron chi connectivity index (χ3n) is 3.91. The van der Waals surface area contributed by atoms with E-state index in [-0.39, 0.29) is 29.6 Å². The molecule has 0 aromatic heterocycles. The number of carbonyl (C=O) groups is 1. The molecule has 1 aliphatic rings. The van der Waals surface area contributed by atoms with Gasteiger partial charge in [0, 0.05) is 6.54 Å². The zero-order chi connectivity index (χ0) is 15.2. The number of nitrogens with one attached hydrogen (secondary N) is 1. The molecule has 4 heteroatoms. The number of rotatable bonds is 8. The molecule has 0 radical (unpaired) electrons. The summed E-state index contributed by atoms with van der Waals surface area (Å²) in [6, 6.07) is 0. The van der Waals surface area contributed by atoms with Gasteiger partial charge in [-0.05, 0) is 38.0 Å². The van der Waals surface area contributed by atoms with Crippen molar-refractivity contribution in [3.05, 3.63) is 0 Å². The first-order valence-corrected chi connectivity index (χ1v) is 7.95. The van der Waals surface area contributed by atoms with Crippen LogP contribution in [-0.2, 0) is 9.53 Å². The molecule has 0 aromatic carbocycles. The average molecular weight is 285 g/mol. The van der Waals surface area contributed by atoms with E-state index in [0.717, 1.165) is 12.8 Å². The van der Waals surface area contributed by atoms with Crippen molar-refractivity contribution in [2.75, 3.05) is 6.54 Å². The summed E-state index contributed by atoms with van der Waals surface area (Å²) in [6.45, 7) is 8.45. The van der Waals surface area contributed by atoms with Crippen molar-refractivity contribution < 1.29 is 14.6 Å². The number of hydrogen-bond acceptors (Lipinski definition) is 3. The summed E-state index contributed by atoms with van der Waals surface area (Å²) in [7, 11) is 0. The molecular formula is C16H31NO3. The van der Waals surface area contributed by atoms with Gasteiger partial charge in [0.05, 0.1) is 12.2 Å². The maximum absolute atomic E-state index is 12.2. The van der Waals surface area contributed by atoms with Crippen molar-refractivity contribution in [1.29, 1.82) is 0 Å². The number of amides is 1. The van der Waals surface area contributed by atoms with Gasteiger partial charge in [-0.25, -0.2) is 0 Å². The van der Waals surface area contributed by atoms with Gasteiger partial charge < -0.3 is 15.2 Å². The molecule has 0 aliphatic heterocycles. The molecule has 20 heavy (non-hydrogen) atoms. The first kappa shape index (κ1) is 17.4. The van der Waals surface area contributed by atoms with Gasteiger partial charge in [-0.2, -0.15) is 0 Å². The summed E-state index contributed by atoms with van der Waals surface area (Å²) in [4.78, 5) is 12.2. The van der Waals surface area contributed by atoms with Crippen LogP contribution in [0.25, 0.3) is 0 Å². The standard InChI is InChI=1S/C16H31NO3/c1-5-14(20-13-8-6-7-9-13)15(19)17-11-16(3,4)10-12(2)18/h12-14,18H,5-11H2,1-4H3,(H,17,19). The van der Waals surface area contributed by atoms with Gasteiger partial charge in [0.15, 0.2) is 0 Å². The second-order valence-corrected chi connectivity index (χ2v) is 6.87. The Morgan fingerprint density at radius 2 is 2.00 bits per heavy atom.